The largest absolute Gasteiger partial charge is 5.00 e. The summed E-state index contributed by atoms with van der Waals surface area (Å²) in [6, 6.07) is 0. The third-order valence-electron chi connectivity index (χ3n) is 0. The molecule has 0 aromatic carbocycles. The molecule has 5 nitrogen and oxygen atoms in total. The van der Waals surface area contributed by atoms with E-state index in [4.69, 9.17) is 0 Å². The molecule has 40 valence electrons. The Morgan fingerprint density at radius 2 is 0.333 bits per heavy atom. The summed E-state index contributed by atoms with van der Waals surface area (Å²) in [4.78, 5) is 0. The van der Waals surface area contributed by atoms with E-state index in [1.807, 2.05) is 0 Å². The second-order valence-corrected chi connectivity index (χ2v) is 0. The minimum Gasteiger partial charge on any atom is -0.693 e. The Balaban J connectivity index is 0. The zero-order valence-electron chi connectivity index (χ0n) is 3.33. The van der Waals surface area contributed by atoms with Crippen LogP contribution in [0.2, 0.25) is 0 Å². The van der Waals surface area contributed by atoms with Gasteiger partial charge in [-0.2, -0.15) is 0 Å². The topological polar surface area (TPSA) is 168 Å². The fraction of sp³-hybridized carbons (Fsp3) is 0. The summed E-state index contributed by atoms with van der Waals surface area (Å²) in [7, 11) is 0. The normalized spacial score (nSPS) is 0. The fourth-order valence-corrected chi connectivity index (χ4v) is 0. The van der Waals surface area contributed by atoms with E-state index < -0.39 is 0 Å². The quantitative estimate of drug-likeness (QED) is 0.468. The first-order valence-corrected chi connectivity index (χ1v) is 0. The third kappa shape index (κ3) is 340. The van der Waals surface area contributed by atoms with Gasteiger partial charge in [-0.3, -0.25) is 0 Å². The third-order valence-corrected chi connectivity index (χ3v) is 0. The average molecular weight is 131 g/mol. The van der Waals surface area contributed by atoms with Crippen LogP contribution in [0, 0.1) is 0 Å². The van der Waals surface area contributed by atoms with Crippen LogP contribution in [0.15, 0.2) is 0 Å². The molecule has 0 aliphatic carbocycles. The number of nitrogens with two attached hydrogens (primary N) is 5. The molecule has 0 saturated carbocycles. The Hall–Kier alpha value is 0.384. The summed E-state index contributed by atoms with van der Waals surface area (Å²) < 4.78 is 0. The number of rotatable bonds is 0. The van der Waals surface area contributed by atoms with E-state index in [9.17, 15) is 0 Å². The Morgan fingerprint density at radius 3 is 0.333 bits per heavy atom. The van der Waals surface area contributed by atoms with Crippen molar-refractivity contribution in [2.45, 2.75) is 0 Å². The molecule has 0 fully saturated rings. The molecule has 0 spiro atoms. The Kier molecular flexibility index (Phi) is 146000. The predicted molar refractivity (Wildman–Crippen MR) is 26.4 cm³/mol. The van der Waals surface area contributed by atoms with Crippen molar-refractivity contribution in [1.29, 1.82) is 0 Å². The van der Waals surface area contributed by atoms with Crippen LogP contribution in [0.5, 0.6) is 0 Å². The first-order valence-electron chi connectivity index (χ1n) is 0. The van der Waals surface area contributed by atoms with Crippen molar-refractivity contribution in [3.63, 3.8) is 0 Å². The molecule has 0 heterocycles. The molecule has 0 atom stereocenters. The molecule has 6 heavy (non-hydrogen) atoms. The Morgan fingerprint density at radius 1 is 0.333 bits per heavy atom. The molecular formula is H10N5V. The van der Waals surface area contributed by atoms with Gasteiger partial charge < -0.3 is 30.8 Å². The molecule has 6 heteroatoms. The first-order chi connectivity index (χ1) is 0. The van der Waals surface area contributed by atoms with E-state index in [2.05, 4.69) is 0 Å². The average Bonchev–Trinajstić information content (AvgIpc) is 0. The van der Waals surface area contributed by atoms with Crippen LogP contribution in [0.4, 0.5) is 0 Å². The summed E-state index contributed by atoms with van der Waals surface area (Å²) in [5.41, 5.74) is 0. The molecule has 0 bridgehead atoms. The molecule has 0 radical (unpaired) electrons. The van der Waals surface area contributed by atoms with Gasteiger partial charge in [-0.1, -0.05) is 0 Å². The second-order valence-electron chi connectivity index (χ2n) is 0. The van der Waals surface area contributed by atoms with Crippen LogP contribution < -0.4 is 0 Å². The second kappa shape index (κ2) is 700. The van der Waals surface area contributed by atoms with Gasteiger partial charge in [0.2, 0.25) is 0 Å². The van der Waals surface area contributed by atoms with Gasteiger partial charge in [-0.15, -0.1) is 0 Å². The first kappa shape index (κ1) is 1250. The smallest absolute Gasteiger partial charge is 0.693 e. The van der Waals surface area contributed by atoms with Crippen LogP contribution in [-0.4, -0.2) is 0 Å². The zero-order chi connectivity index (χ0) is 0. The Bertz CT molecular complexity index is 3.90. The van der Waals surface area contributed by atoms with Crippen molar-refractivity contribution in [2.24, 2.45) is 0 Å². The molecular weight excluding hydrogens is 121 g/mol. The van der Waals surface area contributed by atoms with E-state index in [0.29, 0.717) is 0 Å². The fourth-order valence-electron chi connectivity index (χ4n) is 0. The van der Waals surface area contributed by atoms with Crippen LogP contribution in [0.1, 0.15) is 0 Å². The van der Waals surface area contributed by atoms with Crippen LogP contribution in [0.25, 0.3) is 30.8 Å². The maximum Gasteiger partial charge on any atom is 5.00 e. The molecule has 10 N–H and O–H groups in total. The van der Waals surface area contributed by atoms with Gasteiger partial charge in [-0.25, -0.2) is 0 Å². The van der Waals surface area contributed by atoms with Crippen LogP contribution >= 0.6 is 0 Å². The molecule has 0 amide bonds. The molecule has 0 saturated heterocycles. The minimum absolute atomic E-state index is 0. The van der Waals surface area contributed by atoms with Crippen molar-refractivity contribution >= 4 is 0 Å². The standard InChI is InChI=1S/5H2N.V/h5*1H2;/q5*-1;+5. The van der Waals surface area contributed by atoms with Crippen LogP contribution in [0.3, 0.4) is 0 Å². The van der Waals surface area contributed by atoms with Crippen molar-refractivity contribution in [3.8, 4) is 0 Å². The summed E-state index contributed by atoms with van der Waals surface area (Å²) >= 11 is 0. The van der Waals surface area contributed by atoms with Gasteiger partial charge in [0, 0.05) is 0 Å². The molecule has 0 aromatic rings. The summed E-state index contributed by atoms with van der Waals surface area (Å²) in [5, 5.41) is 0. The molecule has 0 aromatic heterocycles. The summed E-state index contributed by atoms with van der Waals surface area (Å²) in [6.07, 6.45) is 0. The summed E-state index contributed by atoms with van der Waals surface area (Å²) in [5.74, 6) is 0. The zero-order valence-corrected chi connectivity index (χ0v) is 4.73. The molecule has 0 unspecified atom stereocenters. The van der Waals surface area contributed by atoms with Gasteiger partial charge in [0.1, 0.15) is 0 Å². The van der Waals surface area contributed by atoms with Gasteiger partial charge in [0.25, 0.3) is 0 Å². The van der Waals surface area contributed by atoms with E-state index in [1.54, 1.807) is 0 Å². The maximum absolute atomic E-state index is 0. The van der Waals surface area contributed by atoms with Gasteiger partial charge in [0.05, 0.1) is 0 Å². The van der Waals surface area contributed by atoms with Crippen LogP contribution in [-0.2, 0) is 18.6 Å². The van der Waals surface area contributed by atoms with E-state index in [0.717, 1.165) is 0 Å². The minimum atomic E-state index is 0. The Labute approximate surface area is 50.1 Å². The SMILES string of the molecule is [NH2-].[NH2-].[NH2-].[NH2-].[NH2-].[V+5]. The van der Waals surface area contributed by atoms with Crippen molar-refractivity contribution in [2.75, 3.05) is 0 Å². The van der Waals surface area contributed by atoms with Gasteiger partial charge >= 0.3 is 18.6 Å². The maximum atomic E-state index is 0. The van der Waals surface area contributed by atoms with E-state index >= 15 is 0 Å². The van der Waals surface area contributed by atoms with Crippen molar-refractivity contribution in [3.05, 3.63) is 30.8 Å². The molecule has 0 aliphatic heterocycles. The van der Waals surface area contributed by atoms with Crippen molar-refractivity contribution < 1.29 is 18.6 Å². The number of hydrogen-bond donors (Lipinski definition) is 0. The van der Waals surface area contributed by atoms with Gasteiger partial charge in [-0.05, 0) is 0 Å². The number of hydrogen-bond acceptors (Lipinski definition) is 0. The van der Waals surface area contributed by atoms with E-state index in [-0.39, 0.29) is 49.3 Å². The van der Waals surface area contributed by atoms with Crippen molar-refractivity contribution in [1.82, 2.24) is 0 Å². The van der Waals surface area contributed by atoms with E-state index in [1.165, 1.54) is 0 Å². The monoisotopic (exact) mass is 131 g/mol. The predicted octanol–water partition coefficient (Wildman–Crippen LogP) is 3.58. The van der Waals surface area contributed by atoms with Gasteiger partial charge in [0.15, 0.2) is 0 Å². The molecule has 0 aliphatic rings. The molecule has 0 rings (SSSR count). The summed E-state index contributed by atoms with van der Waals surface area (Å²) in [6.45, 7) is 0.